The van der Waals surface area contributed by atoms with E-state index in [4.69, 9.17) is 4.74 Å². The van der Waals surface area contributed by atoms with E-state index in [0.29, 0.717) is 52.3 Å². The summed E-state index contributed by atoms with van der Waals surface area (Å²) in [5.41, 5.74) is 0. The summed E-state index contributed by atoms with van der Waals surface area (Å²) in [6, 6.07) is 4.71. The summed E-state index contributed by atoms with van der Waals surface area (Å²) in [4.78, 5) is 16.6. The highest BCUT2D eigenvalue weighted by molar-refractivity contribution is 7.89. The minimum Gasteiger partial charge on any atom is -0.383 e. The van der Waals surface area contributed by atoms with E-state index in [1.165, 1.54) is 16.4 Å². The van der Waals surface area contributed by atoms with E-state index in [9.17, 15) is 17.6 Å². The maximum Gasteiger partial charge on any atom is 0.243 e. The number of hydrogen-bond donors (Lipinski definition) is 0. The lowest BCUT2D eigenvalue weighted by Gasteiger charge is -2.26. The first-order valence-electron chi connectivity index (χ1n) is 9.21. The fourth-order valence-corrected chi connectivity index (χ4v) is 5.18. The fraction of sp³-hybridized carbons (Fsp3) is 0.611. The summed E-state index contributed by atoms with van der Waals surface area (Å²) in [5.74, 6) is -0.365. The van der Waals surface area contributed by atoms with Gasteiger partial charge in [-0.05, 0) is 37.1 Å². The van der Waals surface area contributed by atoms with Crippen LogP contribution < -0.4 is 0 Å². The molecule has 9 heteroatoms. The van der Waals surface area contributed by atoms with Crippen molar-refractivity contribution < 1.29 is 22.3 Å². The maximum absolute atomic E-state index is 13.1. The molecular weight excluding hydrogens is 373 g/mol. The minimum atomic E-state index is -3.66. The summed E-state index contributed by atoms with van der Waals surface area (Å²) in [5, 5.41) is 0. The van der Waals surface area contributed by atoms with Gasteiger partial charge in [-0.3, -0.25) is 9.69 Å². The van der Waals surface area contributed by atoms with Gasteiger partial charge in [0.05, 0.1) is 17.5 Å². The van der Waals surface area contributed by atoms with Gasteiger partial charge in [0, 0.05) is 46.4 Å². The molecule has 0 N–H and O–H groups in total. The number of likely N-dealkylation sites (tertiary alicyclic amines) is 1. The molecule has 0 bridgehead atoms. The van der Waals surface area contributed by atoms with Crippen LogP contribution >= 0.6 is 0 Å². The summed E-state index contributed by atoms with van der Waals surface area (Å²) in [6.45, 7) is 3.72. The molecule has 1 atom stereocenters. The molecule has 1 aromatic carbocycles. The first-order valence-corrected chi connectivity index (χ1v) is 10.6. The van der Waals surface area contributed by atoms with Crippen LogP contribution in [0.25, 0.3) is 0 Å². The number of amides is 1. The Morgan fingerprint density at radius 3 is 2.56 bits per heavy atom. The van der Waals surface area contributed by atoms with Crippen molar-refractivity contribution in [2.24, 2.45) is 0 Å². The van der Waals surface area contributed by atoms with Gasteiger partial charge in [0.1, 0.15) is 5.82 Å². The van der Waals surface area contributed by atoms with E-state index in [0.717, 1.165) is 18.6 Å². The van der Waals surface area contributed by atoms with Gasteiger partial charge < -0.3 is 9.64 Å². The molecule has 0 aliphatic carbocycles. The first-order chi connectivity index (χ1) is 12.9. The topological polar surface area (TPSA) is 70.2 Å². The molecule has 150 valence electrons. The van der Waals surface area contributed by atoms with Crippen molar-refractivity contribution >= 4 is 15.9 Å². The number of halogens is 1. The van der Waals surface area contributed by atoms with E-state index in [1.54, 1.807) is 7.11 Å². The van der Waals surface area contributed by atoms with Crippen LogP contribution in [0.1, 0.15) is 12.8 Å². The third-order valence-corrected chi connectivity index (χ3v) is 7.13. The number of ether oxygens (including phenoxy) is 1. The molecule has 0 radical (unpaired) electrons. The molecule has 2 heterocycles. The zero-order chi connectivity index (χ0) is 19.4. The number of rotatable bonds is 6. The molecule has 3 rings (SSSR count). The molecule has 0 saturated carbocycles. The Morgan fingerprint density at radius 2 is 1.85 bits per heavy atom. The molecule has 2 aliphatic rings. The van der Waals surface area contributed by atoms with Crippen LogP contribution in [0.2, 0.25) is 0 Å². The van der Waals surface area contributed by atoms with Crippen LogP contribution in [0.4, 0.5) is 4.39 Å². The van der Waals surface area contributed by atoms with Gasteiger partial charge in [0.2, 0.25) is 15.9 Å². The predicted octanol–water partition coefficient (Wildman–Crippen LogP) is 0.769. The van der Waals surface area contributed by atoms with E-state index in [2.05, 4.69) is 4.90 Å². The van der Waals surface area contributed by atoms with Crippen molar-refractivity contribution in [2.45, 2.75) is 23.8 Å². The number of benzene rings is 1. The number of sulfonamides is 1. The average molecular weight is 399 g/mol. The SMILES string of the molecule is COCCN1CC[C@H](N2CCCN(S(=O)(=O)c3ccc(F)cc3)CC2)C1=O. The lowest BCUT2D eigenvalue weighted by molar-refractivity contribution is -0.132. The van der Waals surface area contributed by atoms with Crippen LogP contribution in [-0.4, -0.2) is 87.5 Å². The standard InChI is InChI=1S/C18H26FN3O4S/c1-26-14-13-21-10-7-17(18(21)23)20-8-2-9-22(12-11-20)27(24,25)16-5-3-15(19)4-6-16/h3-6,17H,2,7-14H2,1H3/t17-/m0/s1. The number of carbonyl (C=O) groups is 1. The fourth-order valence-electron chi connectivity index (χ4n) is 3.71. The lowest BCUT2D eigenvalue weighted by atomic mass is 10.2. The molecule has 2 saturated heterocycles. The summed E-state index contributed by atoms with van der Waals surface area (Å²) < 4.78 is 45.2. The molecule has 2 fully saturated rings. The van der Waals surface area contributed by atoms with Crippen molar-refractivity contribution in [2.75, 3.05) is 53.0 Å². The van der Waals surface area contributed by atoms with Gasteiger partial charge in [-0.25, -0.2) is 12.8 Å². The van der Waals surface area contributed by atoms with Crippen LogP contribution in [0, 0.1) is 5.82 Å². The minimum absolute atomic E-state index is 0.0973. The van der Waals surface area contributed by atoms with Crippen molar-refractivity contribution in [3.8, 4) is 0 Å². The first kappa shape index (κ1) is 20.2. The smallest absolute Gasteiger partial charge is 0.243 e. The quantitative estimate of drug-likeness (QED) is 0.707. The maximum atomic E-state index is 13.1. The van der Waals surface area contributed by atoms with Crippen molar-refractivity contribution in [1.29, 1.82) is 0 Å². The Balaban J connectivity index is 1.64. The molecule has 0 spiro atoms. The second kappa shape index (κ2) is 8.64. The largest absolute Gasteiger partial charge is 0.383 e. The van der Waals surface area contributed by atoms with Gasteiger partial charge >= 0.3 is 0 Å². The third kappa shape index (κ3) is 4.48. The second-order valence-corrected chi connectivity index (χ2v) is 8.81. The zero-order valence-corrected chi connectivity index (χ0v) is 16.3. The Kier molecular flexibility index (Phi) is 6.46. The Labute approximate surface area is 159 Å². The zero-order valence-electron chi connectivity index (χ0n) is 15.5. The molecule has 7 nitrogen and oxygen atoms in total. The predicted molar refractivity (Wildman–Crippen MR) is 98.2 cm³/mol. The van der Waals surface area contributed by atoms with Crippen molar-refractivity contribution in [3.63, 3.8) is 0 Å². The van der Waals surface area contributed by atoms with Gasteiger partial charge in [-0.1, -0.05) is 0 Å². The van der Waals surface area contributed by atoms with Gasteiger partial charge in [0.15, 0.2) is 0 Å². The highest BCUT2D eigenvalue weighted by Gasteiger charge is 2.37. The highest BCUT2D eigenvalue weighted by atomic mass is 32.2. The Hall–Kier alpha value is -1.55. The van der Waals surface area contributed by atoms with Crippen LogP contribution in [-0.2, 0) is 19.6 Å². The molecular formula is C18H26FN3O4S. The molecule has 2 aliphatic heterocycles. The number of hydrogen-bond acceptors (Lipinski definition) is 5. The van der Waals surface area contributed by atoms with E-state index in [1.807, 2.05) is 4.90 Å². The van der Waals surface area contributed by atoms with Crippen molar-refractivity contribution in [1.82, 2.24) is 14.1 Å². The van der Waals surface area contributed by atoms with Gasteiger partial charge in [-0.2, -0.15) is 4.31 Å². The lowest BCUT2D eigenvalue weighted by Crippen LogP contribution is -2.44. The van der Waals surface area contributed by atoms with Gasteiger partial charge in [0.25, 0.3) is 0 Å². The van der Waals surface area contributed by atoms with E-state index in [-0.39, 0.29) is 16.8 Å². The molecule has 0 unspecified atom stereocenters. The average Bonchev–Trinajstić information content (AvgIpc) is 2.85. The van der Waals surface area contributed by atoms with E-state index < -0.39 is 15.8 Å². The van der Waals surface area contributed by atoms with E-state index >= 15 is 0 Å². The third-order valence-electron chi connectivity index (χ3n) is 5.22. The molecule has 0 aromatic heterocycles. The Bertz CT molecular complexity index is 756. The monoisotopic (exact) mass is 399 g/mol. The van der Waals surface area contributed by atoms with Gasteiger partial charge in [-0.15, -0.1) is 0 Å². The van der Waals surface area contributed by atoms with Crippen LogP contribution in [0.15, 0.2) is 29.2 Å². The summed E-state index contributed by atoms with van der Waals surface area (Å²) in [7, 11) is -2.04. The highest BCUT2D eigenvalue weighted by Crippen LogP contribution is 2.22. The summed E-state index contributed by atoms with van der Waals surface area (Å²) in [6.07, 6.45) is 1.41. The number of carbonyl (C=O) groups excluding carboxylic acids is 1. The molecule has 27 heavy (non-hydrogen) atoms. The molecule has 1 aromatic rings. The normalized spacial score (nSPS) is 23.0. The number of methoxy groups -OCH3 is 1. The number of nitrogens with zero attached hydrogens (tertiary/aromatic N) is 3. The second-order valence-electron chi connectivity index (χ2n) is 6.87. The van der Waals surface area contributed by atoms with Crippen molar-refractivity contribution in [3.05, 3.63) is 30.1 Å². The Morgan fingerprint density at radius 1 is 1.11 bits per heavy atom. The summed E-state index contributed by atoms with van der Waals surface area (Å²) >= 11 is 0. The van der Waals surface area contributed by atoms with Crippen LogP contribution in [0.3, 0.4) is 0 Å². The molecule has 1 amide bonds. The van der Waals surface area contributed by atoms with Crippen LogP contribution in [0.5, 0.6) is 0 Å².